The third-order valence-corrected chi connectivity index (χ3v) is 6.70. The van der Waals surface area contributed by atoms with Crippen LogP contribution in [0.4, 0.5) is 23.7 Å². The molecule has 1 aromatic carbocycles. The van der Waals surface area contributed by atoms with Gasteiger partial charge in [-0.25, -0.2) is 14.8 Å². The van der Waals surface area contributed by atoms with Crippen LogP contribution in [0.5, 0.6) is 11.8 Å². The zero-order valence-electron chi connectivity index (χ0n) is 19.5. The molecule has 1 amide bonds. The number of benzene rings is 1. The summed E-state index contributed by atoms with van der Waals surface area (Å²) in [6.07, 6.45) is 2.26. The van der Waals surface area contributed by atoms with E-state index in [0.717, 1.165) is 31.5 Å². The summed E-state index contributed by atoms with van der Waals surface area (Å²) >= 11 is 0. The number of ether oxygens (including phenoxy) is 1. The number of nitrogens with zero attached hydrogens (tertiary/aromatic N) is 5. The maximum Gasteiger partial charge on any atom is 0.419 e. The van der Waals surface area contributed by atoms with Crippen molar-refractivity contribution in [2.75, 3.05) is 18.0 Å². The molecule has 9 nitrogen and oxygen atoms in total. The number of rotatable bonds is 4. The molecule has 1 saturated heterocycles. The van der Waals surface area contributed by atoms with Crippen LogP contribution in [0.1, 0.15) is 43.4 Å². The summed E-state index contributed by atoms with van der Waals surface area (Å²) in [6, 6.07) is 3.23. The average molecular weight is 502 g/mol. The maximum absolute atomic E-state index is 13.0. The summed E-state index contributed by atoms with van der Waals surface area (Å²) in [5, 5.41) is 17.7. The van der Waals surface area contributed by atoms with Gasteiger partial charge in [0, 0.05) is 41.3 Å². The first kappa shape index (κ1) is 24.0. The highest BCUT2D eigenvalue weighted by atomic mass is 19.4. The molecule has 2 aliphatic heterocycles. The molecule has 1 atom stereocenters. The predicted octanol–water partition coefficient (Wildman–Crippen LogP) is 4.89. The smallest absolute Gasteiger partial charge is 0.419 e. The second kappa shape index (κ2) is 9.41. The monoisotopic (exact) mass is 502 g/mol. The van der Waals surface area contributed by atoms with Crippen molar-refractivity contribution in [2.45, 2.75) is 50.9 Å². The molecule has 3 aromatic rings. The summed E-state index contributed by atoms with van der Waals surface area (Å²) in [7, 11) is 0. The van der Waals surface area contributed by atoms with Crippen molar-refractivity contribution in [1.29, 1.82) is 0 Å². The molecule has 1 fully saturated rings. The lowest BCUT2D eigenvalue weighted by atomic mass is 9.92. The Balaban J connectivity index is 1.57. The minimum Gasteiger partial charge on any atom is -0.465 e. The van der Waals surface area contributed by atoms with Crippen LogP contribution in [0.2, 0.25) is 0 Å². The fourth-order valence-electron chi connectivity index (χ4n) is 4.79. The Morgan fingerprint density at radius 1 is 1.14 bits per heavy atom. The number of amides is 1. The fraction of sp³-hybridized carbons (Fsp3) is 0.417. The Kier molecular flexibility index (Phi) is 6.29. The molecular weight excluding hydrogens is 477 g/mol. The first-order chi connectivity index (χ1) is 17.2. The molecule has 0 aliphatic carbocycles. The van der Waals surface area contributed by atoms with Gasteiger partial charge in [0.25, 0.3) is 0 Å². The van der Waals surface area contributed by atoms with Crippen LogP contribution in [-0.2, 0) is 12.6 Å². The number of alkyl halides is 3. The molecule has 0 saturated carbocycles. The number of hydrogen-bond donors (Lipinski definition) is 2. The molecule has 2 aliphatic rings. The Bertz CT molecular complexity index is 1250. The van der Waals surface area contributed by atoms with Crippen LogP contribution < -0.4 is 15.0 Å². The van der Waals surface area contributed by atoms with Gasteiger partial charge in [0.15, 0.2) is 0 Å². The molecule has 4 heterocycles. The molecule has 0 radical (unpaired) electrons. The van der Waals surface area contributed by atoms with Gasteiger partial charge in [-0.3, -0.25) is 9.58 Å². The molecule has 0 spiro atoms. The Labute approximate surface area is 204 Å². The fourth-order valence-corrected chi connectivity index (χ4v) is 4.79. The normalized spacial score (nSPS) is 18.7. The van der Waals surface area contributed by atoms with Gasteiger partial charge in [0.1, 0.15) is 5.75 Å². The Morgan fingerprint density at radius 2 is 1.86 bits per heavy atom. The lowest BCUT2D eigenvalue weighted by molar-refractivity contribution is -0.138. The summed E-state index contributed by atoms with van der Waals surface area (Å²) in [6.45, 7) is 3.64. The van der Waals surface area contributed by atoms with Crippen molar-refractivity contribution < 1.29 is 27.8 Å². The summed E-state index contributed by atoms with van der Waals surface area (Å²) < 4.78 is 46.8. The Morgan fingerprint density at radius 3 is 2.53 bits per heavy atom. The molecule has 0 bridgehead atoms. The quantitative estimate of drug-likeness (QED) is 0.523. The van der Waals surface area contributed by atoms with Crippen LogP contribution in [0, 0.1) is 0 Å². The van der Waals surface area contributed by atoms with Gasteiger partial charge in [0.05, 0.1) is 23.5 Å². The van der Waals surface area contributed by atoms with Crippen molar-refractivity contribution in [2.24, 2.45) is 0 Å². The van der Waals surface area contributed by atoms with E-state index >= 15 is 0 Å². The number of halogens is 3. The van der Waals surface area contributed by atoms with E-state index in [0.29, 0.717) is 47.8 Å². The van der Waals surface area contributed by atoms with Gasteiger partial charge in [-0.05, 0) is 57.8 Å². The molecule has 12 heteroatoms. The first-order valence-corrected chi connectivity index (χ1v) is 11.7. The number of nitrogens with one attached hydrogen (secondary N) is 1. The second-order valence-electron chi connectivity index (χ2n) is 9.02. The van der Waals surface area contributed by atoms with Crippen molar-refractivity contribution in [3.05, 3.63) is 48.0 Å². The highest BCUT2D eigenvalue weighted by molar-refractivity contribution is 5.91. The van der Waals surface area contributed by atoms with E-state index in [1.54, 1.807) is 18.3 Å². The van der Waals surface area contributed by atoms with Crippen LogP contribution in [0.25, 0.3) is 11.1 Å². The van der Waals surface area contributed by atoms with E-state index in [2.05, 4.69) is 20.4 Å². The van der Waals surface area contributed by atoms with Crippen LogP contribution in [0.15, 0.2) is 36.9 Å². The van der Waals surface area contributed by atoms with Crippen molar-refractivity contribution in [1.82, 2.24) is 25.1 Å². The number of carboxylic acid groups (broad SMARTS) is 1. The first-order valence-electron chi connectivity index (χ1n) is 11.7. The van der Waals surface area contributed by atoms with E-state index in [1.165, 1.54) is 4.90 Å². The molecule has 190 valence electrons. The molecule has 36 heavy (non-hydrogen) atoms. The minimum atomic E-state index is -4.57. The van der Waals surface area contributed by atoms with E-state index in [4.69, 9.17) is 4.74 Å². The molecule has 5 rings (SSSR count). The number of hydrogen-bond acceptors (Lipinski definition) is 6. The van der Waals surface area contributed by atoms with Crippen LogP contribution >= 0.6 is 0 Å². The van der Waals surface area contributed by atoms with Crippen LogP contribution in [-0.4, -0.2) is 50.1 Å². The molecule has 0 unspecified atom stereocenters. The second-order valence-corrected chi connectivity index (χ2v) is 9.02. The standard InChI is InChI=1S/C24H25F3N6O3/c1-14-2-3-19-20(33(14)23(34)35)5-4-18(15-10-31-32(13-15)17-6-8-28-9-7-17)21(19)36-22-29-11-16(12-30-22)24(25,26)27/h4-5,10-14,17,28H,2-3,6-9H2,1H3,(H,34,35)/t14-/m0/s1. The number of piperidine rings is 1. The van der Waals surface area contributed by atoms with Crippen molar-refractivity contribution >= 4 is 11.8 Å². The van der Waals surface area contributed by atoms with Gasteiger partial charge in [-0.2, -0.15) is 18.3 Å². The van der Waals surface area contributed by atoms with E-state index in [-0.39, 0.29) is 18.1 Å². The highest BCUT2D eigenvalue weighted by Crippen LogP contribution is 2.44. The van der Waals surface area contributed by atoms with E-state index < -0.39 is 17.8 Å². The van der Waals surface area contributed by atoms with Gasteiger partial charge >= 0.3 is 18.3 Å². The topological polar surface area (TPSA) is 105 Å². The molecular formula is C24H25F3N6O3. The number of aromatic nitrogens is 4. The third-order valence-electron chi connectivity index (χ3n) is 6.70. The molecule has 2 aromatic heterocycles. The Hall–Kier alpha value is -3.67. The van der Waals surface area contributed by atoms with E-state index in [1.807, 2.05) is 17.8 Å². The number of anilines is 1. The highest BCUT2D eigenvalue weighted by Gasteiger charge is 2.33. The SMILES string of the molecule is C[C@H]1CCc2c(ccc(-c3cnn(C4CCNCC4)c3)c2Oc2ncc(C(F)(F)F)cn2)N1C(=O)O. The summed E-state index contributed by atoms with van der Waals surface area (Å²) in [5.41, 5.74) is 1.50. The lowest BCUT2D eigenvalue weighted by Gasteiger charge is -2.34. The zero-order chi connectivity index (χ0) is 25.4. The number of carbonyl (C=O) groups is 1. The van der Waals surface area contributed by atoms with Gasteiger partial charge < -0.3 is 15.2 Å². The largest absolute Gasteiger partial charge is 0.465 e. The average Bonchev–Trinajstić information content (AvgIpc) is 3.34. The van der Waals surface area contributed by atoms with Gasteiger partial charge in [0.2, 0.25) is 0 Å². The van der Waals surface area contributed by atoms with Crippen molar-refractivity contribution in [3.63, 3.8) is 0 Å². The maximum atomic E-state index is 13.0. The zero-order valence-corrected chi connectivity index (χ0v) is 19.5. The van der Waals surface area contributed by atoms with Gasteiger partial charge in [-0.15, -0.1) is 0 Å². The van der Waals surface area contributed by atoms with E-state index in [9.17, 15) is 23.1 Å². The predicted molar refractivity (Wildman–Crippen MR) is 124 cm³/mol. The lowest BCUT2D eigenvalue weighted by Crippen LogP contribution is -2.41. The minimum absolute atomic E-state index is 0.237. The van der Waals surface area contributed by atoms with Gasteiger partial charge in [-0.1, -0.05) is 0 Å². The summed E-state index contributed by atoms with van der Waals surface area (Å²) in [4.78, 5) is 20.8. The van der Waals surface area contributed by atoms with Crippen molar-refractivity contribution in [3.8, 4) is 22.9 Å². The number of fused-ring (bicyclic) bond motifs is 1. The summed E-state index contributed by atoms with van der Waals surface area (Å²) in [5.74, 6) is 0.315. The molecule has 2 N–H and O–H groups in total. The van der Waals surface area contributed by atoms with Crippen LogP contribution in [0.3, 0.4) is 0 Å². The third kappa shape index (κ3) is 4.60.